The molecule has 0 radical (unpaired) electrons. The number of aliphatic hydroxyl groups excluding tert-OH is 3. The molecule has 0 amide bonds. The Bertz CT molecular complexity index is 745. The van der Waals surface area contributed by atoms with Gasteiger partial charge in [0, 0.05) is 19.0 Å². The van der Waals surface area contributed by atoms with E-state index in [1.807, 2.05) is 6.92 Å². The van der Waals surface area contributed by atoms with Gasteiger partial charge in [-0.2, -0.15) is 0 Å². The van der Waals surface area contributed by atoms with Gasteiger partial charge in [0.1, 0.15) is 24.6 Å². The first-order valence-corrected chi connectivity index (χ1v) is 9.39. The van der Waals surface area contributed by atoms with Gasteiger partial charge in [-0.25, -0.2) is 15.0 Å². The number of imidazole rings is 1. The molecule has 0 unspecified atom stereocenters. The minimum Gasteiger partial charge on any atom is -0.396 e. The van der Waals surface area contributed by atoms with Crippen molar-refractivity contribution in [3.05, 3.63) is 6.33 Å². The SMILES string of the molecule is CCO[C@@H]1[C@H](O)[C@@H](CO)O[C@H]1n1c(SCCCO)nc2c(N)ncnc21. The predicted octanol–water partition coefficient (Wildman–Crippen LogP) is -0.461. The average Bonchev–Trinajstić information content (AvgIpc) is 3.15. The van der Waals surface area contributed by atoms with Gasteiger partial charge in [-0.3, -0.25) is 4.57 Å². The molecule has 10 nitrogen and oxygen atoms in total. The van der Waals surface area contributed by atoms with E-state index >= 15 is 0 Å². The third kappa shape index (κ3) is 3.50. The number of nitrogens with zero attached hydrogens (tertiary/aromatic N) is 4. The van der Waals surface area contributed by atoms with Crippen LogP contribution < -0.4 is 5.73 Å². The van der Waals surface area contributed by atoms with E-state index in [4.69, 9.17) is 20.3 Å². The van der Waals surface area contributed by atoms with E-state index in [0.29, 0.717) is 35.1 Å². The molecule has 1 fully saturated rings. The second-order valence-electron chi connectivity index (χ2n) is 5.78. The number of nitrogen functional groups attached to an aromatic ring is 1. The number of fused-ring (bicyclic) bond motifs is 1. The topological polar surface area (TPSA) is 149 Å². The Morgan fingerprint density at radius 1 is 1.38 bits per heavy atom. The van der Waals surface area contributed by atoms with Crippen LogP contribution in [-0.4, -0.2) is 78.7 Å². The van der Waals surface area contributed by atoms with Crippen LogP contribution in [0.15, 0.2) is 11.5 Å². The fourth-order valence-electron chi connectivity index (χ4n) is 2.91. The van der Waals surface area contributed by atoms with Gasteiger partial charge in [-0.05, 0) is 13.3 Å². The molecule has 0 bridgehead atoms. The zero-order valence-electron chi connectivity index (χ0n) is 14.4. The quantitative estimate of drug-likeness (QED) is 0.347. The number of nitrogens with two attached hydrogens (primary N) is 1. The summed E-state index contributed by atoms with van der Waals surface area (Å²) in [5.41, 5.74) is 6.82. The molecule has 2 aromatic rings. The number of anilines is 1. The molecule has 3 rings (SSSR count). The highest BCUT2D eigenvalue weighted by Gasteiger charge is 2.46. The maximum absolute atomic E-state index is 10.4. The Labute approximate surface area is 154 Å². The summed E-state index contributed by atoms with van der Waals surface area (Å²) in [6.45, 7) is 1.93. The second-order valence-corrected chi connectivity index (χ2v) is 6.84. The van der Waals surface area contributed by atoms with Crippen molar-refractivity contribution in [2.24, 2.45) is 0 Å². The first kappa shape index (κ1) is 19.3. The van der Waals surface area contributed by atoms with E-state index < -0.39 is 24.5 Å². The summed E-state index contributed by atoms with van der Waals surface area (Å²) in [6.07, 6.45) is -1.25. The van der Waals surface area contributed by atoms with Gasteiger partial charge in [-0.1, -0.05) is 11.8 Å². The largest absolute Gasteiger partial charge is 0.396 e. The summed E-state index contributed by atoms with van der Waals surface area (Å²) >= 11 is 1.41. The maximum Gasteiger partial charge on any atom is 0.172 e. The highest BCUT2D eigenvalue weighted by Crippen LogP contribution is 2.37. The Morgan fingerprint density at radius 3 is 2.88 bits per heavy atom. The van der Waals surface area contributed by atoms with Crippen LogP contribution in [0.25, 0.3) is 11.2 Å². The minimum atomic E-state index is -0.989. The molecular formula is C15H23N5O5S. The zero-order chi connectivity index (χ0) is 18.7. The van der Waals surface area contributed by atoms with Gasteiger partial charge < -0.3 is 30.5 Å². The number of hydrogen-bond acceptors (Lipinski definition) is 10. The van der Waals surface area contributed by atoms with Crippen molar-refractivity contribution in [2.45, 2.75) is 43.0 Å². The third-order valence-corrected chi connectivity index (χ3v) is 5.15. The summed E-state index contributed by atoms with van der Waals surface area (Å²) in [6, 6.07) is 0. The van der Waals surface area contributed by atoms with E-state index in [-0.39, 0.29) is 19.0 Å². The molecule has 1 saturated heterocycles. The van der Waals surface area contributed by atoms with Crippen LogP contribution in [0, 0.1) is 0 Å². The van der Waals surface area contributed by atoms with Crippen LogP contribution in [0.5, 0.6) is 0 Å². The molecule has 1 aliphatic rings. The van der Waals surface area contributed by atoms with Gasteiger partial charge in [0.25, 0.3) is 0 Å². The standard InChI is InChI=1S/C15H23N5O5S/c1-2-24-11-10(23)8(6-22)25-14(11)20-13-9(12(16)17-7-18-13)19-15(20)26-5-3-4-21/h7-8,10-11,14,21-23H,2-6H2,1H3,(H2,16,17,18)/t8-,10-,11-,14-/m1/s1. The number of aliphatic hydroxyl groups is 3. The van der Waals surface area contributed by atoms with Crippen molar-refractivity contribution >= 4 is 28.7 Å². The molecule has 11 heteroatoms. The number of thioether (sulfide) groups is 1. The van der Waals surface area contributed by atoms with Crippen LogP contribution >= 0.6 is 11.8 Å². The summed E-state index contributed by atoms with van der Waals surface area (Å²) < 4.78 is 13.3. The number of hydrogen-bond donors (Lipinski definition) is 4. The molecule has 0 aromatic carbocycles. The van der Waals surface area contributed by atoms with Crippen LogP contribution in [0.4, 0.5) is 5.82 Å². The van der Waals surface area contributed by atoms with E-state index in [1.54, 1.807) is 4.57 Å². The summed E-state index contributed by atoms with van der Waals surface area (Å²) in [5, 5.41) is 29.5. The molecule has 0 aliphatic carbocycles. The summed E-state index contributed by atoms with van der Waals surface area (Å²) in [5.74, 6) is 0.869. The molecule has 0 spiro atoms. The van der Waals surface area contributed by atoms with Gasteiger partial charge in [0.2, 0.25) is 0 Å². The van der Waals surface area contributed by atoms with Gasteiger partial charge in [0.15, 0.2) is 28.4 Å². The van der Waals surface area contributed by atoms with E-state index in [0.717, 1.165) is 0 Å². The lowest BCUT2D eigenvalue weighted by molar-refractivity contribution is -0.0715. The maximum atomic E-state index is 10.4. The lowest BCUT2D eigenvalue weighted by Gasteiger charge is -2.22. The van der Waals surface area contributed by atoms with E-state index in [9.17, 15) is 10.2 Å². The highest BCUT2D eigenvalue weighted by atomic mass is 32.2. The van der Waals surface area contributed by atoms with Crippen molar-refractivity contribution in [1.82, 2.24) is 19.5 Å². The second kappa shape index (κ2) is 8.46. The monoisotopic (exact) mass is 385 g/mol. The molecule has 26 heavy (non-hydrogen) atoms. The number of aromatic nitrogens is 4. The normalized spacial score (nSPS) is 26.0. The molecule has 144 valence electrons. The Balaban J connectivity index is 2.06. The fourth-order valence-corrected chi connectivity index (χ4v) is 3.86. The average molecular weight is 385 g/mol. The van der Waals surface area contributed by atoms with Crippen molar-refractivity contribution in [3.63, 3.8) is 0 Å². The molecule has 3 heterocycles. The first-order chi connectivity index (χ1) is 12.6. The lowest BCUT2D eigenvalue weighted by Crippen LogP contribution is -2.35. The van der Waals surface area contributed by atoms with Gasteiger partial charge in [0.05, 0.1) is 6.61 Å². The van der Waals surface area contributed by atoms with Crippen LogP contribution in [0.1, 0.15) is 19.6 Å². The molecule has 5 N–H and O–H groups in total. The summed E-state index contributed by atoms with van der Waals surface area (Å²) in [4.78, 5) is 12.8. The van der Waals surface area contributed by atoms with E-state index in [2.05, 4.69) is 15.0 Å². The third-order valence-electron chi connectivity index (χ3n) is 4.11. The molecular weight excluding hydrogens is 362 g/mol. The molecule has 0 saturated carbocycles. The lowest BCUT2D eigenvalue weighted by atomic mass is 10.1. The van der Waals surface area contributed by atoms with Crippen LogP contribution in [-0.2, 0) is 9.47 Å². The summed E-state index contributed by atoms with van der Waals surface area (Å²) in [7, 11) is 0. The van der Waals surface area contributed by atoms with Crippen molar-refractivity contribution in [2.75, 3.05) is 31.3 Å². The zero-order valence-corrected chi connectivity index (χ0v) is 15.2. The van der Waals surface area contributed by atoms with Gasteiger partial charge in [-0.15, -0.1) is 0 Å². The van der Waals surface area contributed by atoms with Crippen LogP contribution in [0.3, 0.4) is 0 Å². The molecule has 1 aliphatic heterocycles. The number of ether oxygens (including phenoxy) is 2. The fraction of sp³-hybridized carbons (Fsp3) is 0.667. The molecule has 2 aromatic heterocycles. The first-order valence-electron chi connectivity index (χ1n) is 8.40. The van der Waals surface area contributed by atoms with E-state index in [1.165, 1.54) is 18.1 Å². The minimum absolute atomic E-state index is 0.0714. The van der Waals surface area contributed by atoms with Crippen molar-refractivity contribution < 1.29 is 24.8 Å². The van der Waals surface area contributed by atoms with Crippen molar-refractivity contribution in [3.8, 4) is 0 Å². The van der Waals surface area contributed by atoms with Gasteiger partial charge >= 0.3 is 0 Å². The Hall–Kier alpha value is -1.50. The van der Waals surface area contributed by atoms with Crippen LogP contribution in [0.2, 0.25) is 0 Å². The predicted molar refractivity (Wildman–Crippen MR) is 94.6 cm³/mol. The highest BCUT2D eigenvalue weighted by molar-refractivity contribution is 7.99. The smallest absolute Gasteiger partial charge is 0.172 e. The Kier molecular flexibility index (Phi) is 6.27. The molecule has 4 atom stereocenters. The van der Waals surface area contributed by atoms with Crippen molar-refractivity contribution in [1.29, 1.82) is 0 Å². The Morgan fingerprint density at radius 2 is 2.19 bits per heavy atom. The number of rotatable bonds is 8.